The largest absolute Gasteiger partial charge is 1.00 e. The Morgan fingerprint density at radius 3 is 1.57 bits per heavy atom. The fourth-order valence-corrected chi connectivity index (χ4v) is 0.753. The Hall–Kier alpha value is -0.630. The first-order valence-corrected chi connectivity index (χ1v) is 3.32. The van der Waals surface area contributed by atoms with Crippen LogP contribution in [0, 0.1) is 0 Å². The minimum atomic E-state index is -1.48. The number of aliphatic carboxylic acids is 2. The number of carboxylic acids is 2. The van der Waals surface area contributed by atoms with Gasteiger partial charge in [0.2, 0.25) is 5.91 Å². The summed E-state index contributed by atoms with van der Waals surface area (Å²) in [6.07, 6.45) is 0. The molecule has 0 radical (unpaired) electrons. The van der Waals surface area contributed by atoms with Crippen LogP contribution in [-0.4, -0.2) is 42.4 Å². The molecule has 2 N–H and O–H groups in total. The van der Waals surface area contributed by atoms with Crippen LogP contribution >= 0.6 is 0 Å². The Balaban J connectivity index is 0. The van der Waals surface area contributed by atoms with Crippen LogP contribution in [0.15, 0.2) is 0 Å². The number of rotatable bonds is 6. The molecule has 0 unspecified atom stereocenters. The molecule has 7 nitrogen and oxygen atoms in total. The number of hydrogen-bond donors (Lipinski definition) is 1. The quantitative estimate of drug-likeness (QED) is 0.435. The van der Waals surface area contributed by atoms with E-state index in [4.69, 9.17) is 5.73 Å². The number of carbonyl (C=O) groups is 3. The summed E-state index contributed by atoms with van der Waals surface area (Å²) in [5.74, 6) is -3.78. The van der Waals surface area contributed by atoms with E-state index in [0.29, 0.717) is 0 Å². The molecule has 14 heavy (non-hydrogen) atoms. The third-order valence-electron chi connectivity index (χ3n) is 1.08. The van der Waals surface area contributed by atoms with Crippen molar-refractivity contribution < 1.29 is 54.2 Å². The van der Waals surface area contributed by atoms with Crippen molar-refractivity contribution in [2.45, 2.75) is 0 Å². The molecule has 0 saturated heterocycles. The van der Waals surface area contributed by atoms with Crippen molar-refractivity contribution in [2.75, 3.05) is 19.6 Å². The van der Waals surface area contributed by atoms with E-state index in [2.05, 4.69) is 0 Å². The first kappa shape index (κ1) is 15.8. The van der Waals surface area contributed by atoms with Crippen molar-refractivity contribution in [3.8, 4) is 0 Å². The normalized spacial score (nSPS) is 9.21. The van der Waals surface area contributed by atoms with Gasteiger partial charge in [0.25, 0.3) is 0 Å². The summed E-state index contributed by atoms with van der Waals surface area (Å²) < 4.78 is 0. The van der Waals surface area contributed by atoms with Gasteiger partial charge in [-0.2, -0.15) is 0 Å². The average Bonchev–Trinajstić information content (AvgIpc) is 1.80. The van der Waals surface area contributed by atoms with E-state index in [1.54, 1.807) is 0 Å². The molecule has 0 aromatic heterocycles. The van der Waals surface area contributed by atoms with E-state index in [9.17, 15) is 24.6 Å². The maximum absolute atomic E-state index is 10.3. The van der Waals surface area contributed by atoms with Crippen LogP contribution in [0.4, 0.5) is 0 Å². The number of carboxylic acid groups (broad SMARTS) is 2. The second kappa shape index (κ2) is 7.74. The Morgan fingerprint density at radius 2 is 1.36 bits per heavy atom. The Morgan fingerprint density at radius 1 is 1.00 bits per heavy atom. The summed E-state index contributed by atoms with van der Waals surface area (Å²) >= 11 is 0. The van der Waals surface area contributed by atoms with E-state index in [1.807, 2.05) is 0 Å². The standard InChI is InChI=1S/C6H10N2O5.Na/c7-4(9)1-8(2-5(10)11)3-6(12)13;/h1-3H2,(H2,7,9)(H,10,11)(H,12,13);/q;+1/p-2. The minimum absolute atomic E-state index is 0. The number of nitrogens with two attached hydrogens (primary N) is 1. The van der Waals surface area contributed by atoms with E-state index in [-0.39, 0.29) is 29.6 Å². The predicted molar refractivity (Wildman–Crippen MR) is 35.6 cm³/mol. The van der Waals surface area contributed by atoms with Gasteiger partial charge in [0.05, 0.1) is 18.5 Å². The van der Waals surface area contributed by atoms with Crippen LogP contribution in [0.25, 0.3) is 0 Å². The molecule has 0 heterocycles. The molecule has 0 aromatic carbocycles. The van der Waals surface area contributed by atoms with Crippen molar-refractivity contribution in [3.05, 3.63) is 0 Å². The maximum atomic E-state index is 10.3. The van der Waals surface area contributed by atoms with Crippen molar-refractivity contribution >= 4 is 17.8 Å². The zero-order valence-corrected chi connectivity index (χ0v) is 9.69. The predicted octanol–water partition coefficient (Wildman–Crippen LogP) is -7.72. The summed E-state index contributed by atoms with van der Waals surface area (Å²) in [7, 11) is 0. The fraction of sp³-hybridized carbons (Fsp3) is 0.500. The number of amides is 1. The van der Waals surface area contributed by atoms with E-state index in [0.717, 1.165) is 4.90 Å². The molecule has 8 heteroatoms. The topological polar surface area (TPSA) is 127 Å². The Bertz CT molecular complexity index is 194. The summed E-state index contributed by atoms with van der Waals surface area (Å²) in [6, 6.07) is 0. The zero-order valence-electron chi connectivity index (χ0n) is 7.69. The summed E-state index contributed by atoms with van der Waals surface area (Å²) in [5, 5.41) is 20.1. The second-order valence-electron chi connectivity index (χ2n) is 2.36. The van der Waals surface area contributed by atoms with Gasteiger partial charge >= 0.3 is 29.6 Å². The van der Waals surface area contributed by atoms with Gasteiger partial charge in [-0.25, -0.2) is 0 Å². The van der Waals surface area contributed by atoms with Crippen LogP contribution in [0.2, 0.25) is 0 Å². The van der Waals surface area contributed by atoms with Gasteiger partial charge in [-0.15, -0.1) is 0 Å². The molecule has 0 atom stereocenters. The van der Waals surface area contributed by atoms with Crippen LogP contribution < -0.4 is 45.5 Å². The number of hydrogen-bond acceptors (Lipinski definition) is 6. The molecule has 1 amide bonds. The van der Waals surface area contributed by atoms with Crippen molar-refractivity contribution in [2.24, 2.45) is 5.73 Å². The van der Waals surface area contributed by atoms with Gasteiger partial charge in [-0.1, -0.05) is 0 Å². The molecule has 0 saturated carbocycles. The van der Waals surface area contributed by atoms with Crippen LogP contribution in [0.3, 0.4) is 0 Å². The third-order valence-corrected chi connectivity index (χ3v) is 1.08. The van der Waals surface area contributed by atoms with E-state index < -0.39 is 37.5 Å². The molecule has 0 aromatic rings. The van der Waals surface area contributed by atoms with Crippen LogP contribution in [0.5, 0.6) is 0 Å². The molecule has 0 rings (SSSR count). The zero-order chi connectivity index (χ0) is 10.4. The van der Waals surface area contributed by atoms with Gasteiger partial charge in [-0.05, 0) is 0 Å². The van der Waals surface area contributed by atoms with Crippen LogP contribution in [0.1, 0.15) is 0 Å². The van der Waals surface area contributed by atoms with Crippen LogP contribution in [-0.2, 0) is 14.4 Å². The molecular weight excluding hydrogens is 203 g/mol. The summed E-state index contributed by atoms with van der Waals surface area (Å²) in [6.45, 7) is -1.80. The van der Waals surface area contributed by atoms with Crippen molar-refractivity contribution in [1.82, 2.24) is 4.90 Å². The second-order valence-corrected chi connectivity index (χ2v) is 2.36. The van der Waals surface area contributed by atoms with Crippen molar-refractivity contribution in [3.63, 3.8) is 0 Å². The fourth-order valence-electron chi connectivity index (χ4n) is 0.753. The number of carbonyl (C=O) groups excluding carboxylic acids is 3. The molecule has 74 valence electrons. The summed E-state index contributed by atoms with van der Waals surface area (Å²) in [5.41, 5.74) is 4.74. The van der Waals surface area contributed by atoms with E-state index in [1.165, 1.54) is 0 Å². The van der Waals surface area contributed by atoms with Gasteiger partial charge in [0, 0.05) is 13.1 Å². The maximum Gasteiger partial charge on any atom is 1.00 e. The first-order chi connectivity index (χ1) is 5.91. The molecule has 0 aliphatic carbocycles. The monoisotopic (exact) mass is 211 g/mol. The molecule has 0 fully saturated rings. The molecule has 0 spiro atoms. The van der Waals surface area contributed by atoms with Crippen molar-refractivity contribution in [1.29, 1.82) is 0 Å². The minimum Gasteiger partial charge on any atom is -0.549 e. The van der Waals surface area contributed by atoms with Gasteiger partial charge < -0.3 is 25.5 Å². The smallest absolute Gasteiger partial charge is 0.549 e. The number of nitrogens with zero attached hydrogens (tertiary/aromatic N) is 1. The first-order valence-electron chi connectivity index (χ1n) is 3.32. The third kappa shape index (κ3) is 9.46. The van der Waals surface area contributed by atoms with Gasteiger partial charge in [0.15, 0.2) is 0 Å². The molecule has 0 aliphatic heterocycles. The molecular formula is C6H8N2NaO5-. The molecule has 0 aliphatic rings. The van der Waals surface area contributed by atoms with Gasteiger partial charge in [-0.3, -0.25) is 9.69 Å². The number of primary amides is 1. The average molecular weight is 211 g/mol. The van der Waals surface area contributed by atoms with Gasteiger partial charge in [0.1, 0.15) is 0 Å². The molecule has 0 bridgehead atoms. The van der Waals surface area contributed by atoms with E-state index >= 15 is 0 Å². The Labute approximate surface area is 102 Å². The Kier molecular flexibility index (Phi) is 8.75. The SMILES string of the molecule is NC(=O)CN(CC(=O)[O-])CC(=O)[O-].[Na+]. The summed E-state index contributed by atoms with van der Waals surface area (Å²) in [4.78, 5) is 31.2.